The first-order valence-electron chi connectivity index (χ1n) is 17.2. The highest BCUT2D eigenvalue weighted by molar-refractivity contribution is 6.06. The monoisotopic (exact) mass is 608 g/mol. The van der Waals surface area contributed by atoms with Crippen LogP contribution in [-0.2, 0) is 9.59 Å². The summed E-state index contributed by atoms with van der Waals surface area (Å²) < 4.78 is 27.8. The number of halogens is 2. The lowest BCUT2D eigenvalue weighted by atomic mass is 9.34. The number of carbonyl (C=O) groups excluding carboxylic acids is 2. The molecule has 5 fully saturated rings. The van der Waals surface area contributed by atoms with Crippen LogP contribution < -0.4 is 0 Å². The van der Waals surface area contributed by atoms with Crippen molar-refractivity contribution in [1.29, 1.82) is 5.26 Å². The largest absolute Gasteiger partial charge is 0.389 e. The van der Waals surface area contributed by atoms with Crippen LogP contribution >= 0.6 is 0 Å². The number of hydrogen-bond donors (Lipinski definition) is 1. The fourth-order valence-electron chi connectivity index (χ4n) is 12.3. The summed E-state index contributed by atoms with van der Waals surface area (Å²) in [5.74, 6) is -2.50. The molecule has 8 atom stereocenters. The Morgan fingerprint density at radius 1 is 1.05 bits per heavy atom. The summed E-state index contributed by atoms with van der Waals surface area (Å²) in [6, 6.07) is 2.24. The van der Waals surface area contributed by atoms with Crippen molar-refractivity contribution in [2.75, 3.05) is 13.1 Å². The zero-order valence-corrected chi connectivity index (χ0v) is 27.3. The van der Waals surface area contributed by atoms with Crippen molar-refractivity contribution in [2.45, 2.75) is 124 Å². The van der Waals surface area contributed by atoms with E-state index < -0.39 is 29.4 Å². The van der Waals surface area contributed by atoms with E-state index in [4.69, 9.17) is 0 Å². The van der Waals surface area contributed by atoms with Crippen molar-refractivity contribution < 1.29 is 23.5 Å². The SMILES string of the molecule is CC1(C)CC[C@]2(CCC(=O)N3CCC(F)(F)C3)CC[C@]3(C)[C@H](C(O)C=C4[C@@]5(C)C=C(C#N)C(=O)C6(CC6)[C@@H]5CC[C@]43C)[C@@H]2C1. The van der Waals surface area contributed by atoms with Crippen LogP contribution in [0.4, 0.5) is 8.78 Å². The van der Waals surface area contributed by atoms with E-state index in [1.54, 1.807) is 0 Å². The smallest absolute Gasteiger partial charge is 0.267 e. The Bertz CT molecular complexity index is 1410. The highest BCUT2D eigenvalue weighted by atomic mass is 19.3. The van der Waals surface area contributed by atoms with E-state index in [9.17, 15) is 28.7 Å². The number of allylic oxidation sites excluding steroid dienone is 3. The maximum Gasteiger partial charge on any atom is 0.267 e. The van der Waals surface area contributed by atoms with Gasteiger partial charge >= 0.3 is 0 Å². The molecule has 0 aromatic heterocycles. The number of nitrogens with zero attached hydrogens (tertiary/aromatic N) is 2. The molecule has 7 aliphatic rings. The Balaban J connectivity index is 1.26. The van der Waals surface area contributed by atoms with Gasteiger partial charge in [0, 0.05) is 30.2 Å². The number of ketones is 1. The van der Waals surface area contributed by atoms with Gasteiger partial charge < -0.3 is 10.0 Å². The average molecular weight is 609 g/mol. The quantitative estimate of drug-likeness (QED) is 0.339. The molecule has 1 heterocycles. The summed E-state index contributed by atoms with van der Waals surface area (Å²) in [4.78, 5) is 28.0. The molecule has 240 valence electrons. The van der Waals surface area contributed by atoms with Crippen LogP contribution in [0.5, 0.6) is 0 Å². The van der Waals surface area contributed by atoms with Gasteiger partial charge in [-0.2, -0.15) is 5.26 Å². The second kappa shape index (κ2) is 9.26. The summed E-state index contributed by atoms with van der Waals surface area (Å²) in [5, 5.41) is 22.3. The second-order valence-corrected chi connectivity index (χ2v) is 17.6. The second-order valence-electron chi connectivity index (χ2n) is 17.6. The first kappa shape index (κ1) is 30.6. The molecule has 4 saturated carbocycles. The highest BCUT2D eigenvalue weighted by Crippen LogP contribution is 2.77. The Kier molecular flexibility index (Phi) is 6.44. The van der Waals surface area contributed by atoms with Crippen molar-refractivity contribution in [1.82, 2.24) is 4.90 Å². The molecular weight excluding hydrogens is 558 g/mol. The molecule has 1 N–H and O–H groups in total. The highest BCUT2D eigenvalue weighted by Gasteiger charge is 2.72. The van der Waals surface area contributed by atoms with Gasteiger partial charge in [-0.1, -0.05) is 52.3 Å². The molecule has 0 radical (unpaired) electrons. The van der Waals surface area contributed by atoms with Gasteiger partial charge in [0.1, 0.15) is 6.07 Å². The standard InChI is InChI=1S/C37H50F2N2O3/c1-31(2)10-12-35(9-7-28(43)41-17-16-37(38,39)22-41)13-11-34(5)29(24(35)20-31)25(42)18-27-32(3)19-23(21-40)30(44)36(14-15-36)26(32)6-8-33(27,34)4/h18-19,24-26,29,42H,6-17,20,22H2,1-5H3/t24-,25?,26+,29-,32-,33+,34+,35+/m0/s1. The Morgan fingerprint density at radius 3 is 2.39 bits per heavy atom. The minimum absolute atomic E-state index is 0.0236. The van der Waals surface area contributed by atoms with Gasteiger partial charge in [-0.05, 0) is 104 Å². The molecule has 1 saturated heterocycles. The van der Waals surface area contributed by atoms with Crippen LogP contribution in [0, 0.1) is 61.6 Å². The fourth-order valence-corrected chi connectivity index (χ4v) is 12.3. The zero-order valence-electron chi connectivity index (χ0n) is 27.3. The Labute approximate surface area is 261 Å². The maximum absolute atomic E-state index is 13.9. The minimum atomic E-state index is -2.78. The molecule has 1 amide bonds. The third-order valence-corrected chi connectivity index (χ3v) is 15.0. The van der Waals surface area contributed by atoms with Crippen molar-refractivity contribution in [2.24, 2.45) is 50.2 Å². The molecule has 44 heavy (non-hydrogen) atoms. The number of fused-ring (bicyclic) bond motifs is 8. The van der Waals surface area contributed by atoms with Crippen molar-refractivity contribution >= 4 is 11.7 Å². The molecule has 0 aromatic carbocycles. The van der Waals surface area contributed by atoms with Crippen LogP contribution in [-0.4, -0.2) is 46.8 Å². The third-order valence-electron chi connectivity index (χ3n) is 15.0. The van der Waals surface area contributed by atoms with Gasteiger partial charge in [-0.3, -0.25) is 9.59 Å². The molecule has 7 rings (SSSR count). The lowest BCUT2D eigenvalue weighted by molar-refractivity contribution is -0.187. The van der Waals surface area contributed by atoms with Crippen molar-refractivity contribution in [3.05, 3.63) is 23.3 Å². The molecular formula is C37H50F2N2O3. The number of carbonyl (C=O) groups is 2. The Hall–Kier alpha value is -2.07. The first-order valence-corrected chi connectivity index (χ1v) is 17.2. The molecule has 0 aromatic rings. The van der Waals surface area contributed by atoms with E-state index in [-0.39, 0.29) is 64.1 Å². The van der Waals surface area contributed by atoms with Crippen molar-refractivity contribution in [3.8, 4) is 6.07 Å². The molecule has 6 aliphatic carbocycles. The lowest BCUT2D eigenvalue weighted by Gasteiger charge is -2.70. The van der Waals surface area contributed by atoms with E-state index in [1.165, 1.54) is 10.5 Å². The number of aliphatic hydroxyl groups is 1. The van der Waals surface area contributed by atoms with Crippen LogP contribution in [0.1, 0.15) is 112 Å². The van der Waals surface area contributed by atoms with Crippen molar-refractivity contribution in [3.63, 3.8) is 0 Å². The Morgan fingerprint density at radius 2 is 1.75 bits per heavy atom. The zero-order chi connectivity index (χ0) is 31.7. The van der Waals surface area contributed by atoms with E-state index >= 15 is 0 Å². The van der Waals surface area contributed by atoms with Crippen LogP contribution in [0.25, 0.3) is 0 Å². The molecule has 1 spiro atoms. The maximum atomic E-state index is 13.9. The van der Waals surface area contributed by atoms with Crippen LogP contribution in [0.3, 0.4) is 0 Å². The van der Waals surface area contributed by atoms with Gasteiger partial charge in [0.05, 0.1) is 18.2 Å². The first-order chi connectivity index (χ1) is 20.5. The molecule has 0 bridgehead atoms. The summed E-state index contributed by atoms with van der Waals surface area (Å²) in [7, 11) is 0. The number of alkyl halides is 2. The number of amides is 1. The number of hydrogen-bond acceptors (Lipinski definition) is 4. The van der Waals surface area contributed by atoms with Gasteiger partial charge in [-0.25, -0.2) is 8.78 Å². The number of nitriles is 1. The molecule has 1 unspecified atom stereocenters. The van der Waals surface area contributed by atoms with Crippen LogP contribution in [0.2, 0.25) is 0 Å². The minimum Gasteiger partial charge on any atom is -0.389 e. The van der Waals surface area contributed by atoms with Gasteiger partial charge in [0.15, 0.2) is 5.78 Å². The summed E-state index contributed by atoms with van der Waals surface area (Å²) in [5.41, 5.74) is 0.310. The topological polar surface area (TPSA) is 81.4 Å². The summed E-state index contributed by atoms with van der Waals surface area (Å²) >= 11 is 0. The number of likely N-dealkylation sites (tertiary alicyclic amines) is 1. The third kappa shape index (κ3) is 4.00. The van der Waals surface area contributed by atoms with E-state index in [1.807, 2.05) is 6.08 Å². The number of rotatable bonds is 3. The van der Waals surface area contributed by atoms with E-state index in [0.717, 1.165) is 57.8 Å². The van der Waals surface area contributed by atoms with Gasteiger partial charge in [-0.15, -0.1) is 0 Å². The number of aliphatic hydroxyl groups excluding tert-OH is 1. The van der Waals surface area contributed by atoms with Gasteiger partial charge in [0.2, 0.25) is 5.91 Å². The molecule has 7 heteroatoms. The number of Topliss-reactive ketones (excluding diaryl/α,β-unsaturated/α-hetero) is 1. The predicted molar refractivity (Wildman–Crippen MR) is 163 cm³/mol. The lowest BCUT2D eigenvalue weighted by Crippen LogP contribution is -2.65. The average Bonchev–Trinajstić information content (AvgIpc) is 3.66. The predicted octanol–water partition coefficient (Wildman–Crippen LogP) is 7.40. The summed E-state index contributed by atoms with van der Waals surface area (Å²) in [6.45, 7) is 11.3. The van der Waals surface area contributed by atoms with E-state index in [0.29, 0.717) is 18.4 Å². The molecule has 1 aliphatic heterocycles. The van der Waals surface area contributed by atoms with E-state index in [2.05, 4.69) is 46.8 Å². The summed E-state index contributed by atoms with van der Waals surface area (Å²) in [6.07, 6.45) is 12.8. The normalized spacial score (nSPS) is 46.1. The van der Waals surface area contributed by atoms with Crippen LogP contribution in [0.15, 0.2) is 23.3 Å². The molecule has 5 nitrogen and oxygen atoms in total. The van der Waals surface area contributed by atoms with Gasteiger partial charge in [0.25, 0.3) is 5.92 Å². The fraction of sp³-hybridized carbons (Fsp3) is 0.811.